The van der Waals surface area contributed by atoms with Crippen LogP contribution < -0.4 is 14.5 Å². The topological polar surface area (TPSA) is 52.7 Å². The van der Waals surface area contributed by atoms with Crippen molar-refractivity contribution in [2.24, 2.45) is 0 Å². The molecule has 1 N–H and O–H groups in total. The van der Waals surface area contributed by atoms with Crippen molar-refractivity contribution in [3.8, 4) is 0 Å². The molecule has 0 aliphatic carbocycles. The lowest BCUT2D eigenvalue weighted by atomic mass is 10.2. The van der Waals surface area contributed by atoms with Crippen molar-refractivity contribution in [3.63, 3.8) is 0 Å². The van der Waals surface area contributed by atoms with E-state index in [-0.39, 0.29) is 4.90 Å². The van der Waals surface area contributed by atoms with Gasteiger partial charge in [0.2, 0.25) is 10.0 Å². The van der Waals surface area contributed by atoms with Crippen LogP contribution in [0.1, 0.15) is 12.8 Å². The van der Waals surface area contributed by atoms with Crippen LogP contribution in [-0.4, -0.2) is 42.7 Å². The van der Waals surface area contributed by atoms with Crippen molar-refractivity contribution in [2.45, 2.75) is 17.7 Å². The third kappa shape index (κ3) is 2.73. The van der Waals surface area contributed by atoms with Crippen LogP contribution in [0.25, 0.3) is 0 Å². The van der Waals surface area contributed by atoms with Crippen LogP contribution in [-0.2, 0) is 10.0 Å². The van der Waals surface area contributed by atoms with E-state index in [0.717, 1.165) is 31.6 Å². The van der Waals surface area contributed by atoms with Gasteiger partial charge in [0, 0.05) is 33.3 Å². The standard InChI is InChI=1S/C13H20FN3O2S/c1-15-20(18,19)13-9-12(17-6-4-5-7-17)11(16(2)3)8-10(13)14/h8-9,15H,4-7H2,1-3H3. The third-order valence-electron chi connectivity index (χ3n) is 3.52. The summed E-state index contributed by atoms with van der Waals surface area (Å²) in [4.78, 5) is 3.60. The number of rotatable bonds is 4. The van der Waals surface area contributed by atoms with Crippen LogP contribution in [0.4, 0.5) is 15.8 Å². The molecule has 1 aromatic rings. The van der Waals surface area contributed by atoms with Crippen LogP contribution in [0, 0.1) is 5.82 Å². The Labute approximate surface area is 119 Å². The maximum atomic E-state index is 14.1. The highest BCUT2D eigenvalue weighted by Gasteiger charge is 2.24. The monoisotopic (exact) mass is 301 g/mol. The van der Waals surface area contributed by atoms with Crippen molar-refractivity contribution >= 4 is 21.4 Å². The normalized spacial score (nSPS) is 15.7. The molecule has 0 radical (unpaired) electrons. The minimum absolute atomic E-state index is 0.299. The molecule has 1 aromatic carbocycles. The fourth-order valence-corrected chi connectivity index (χ4v) is 3.22. The molecule has 1 heterocycles. The largest absolute Gasteiger partial charge is 0.376 e. The van der Waals surface area contributed by atoms with E-state index in [9.17, 15) is 12.8 Å². The minimum Gasteiger partial charge on any atom is -0.376 e. The van der Waals surface area contributed by atoms with Crippen molar-refractivity contribution in [1.82, 2.24) is 4.72 Å². The first-order valence-corrected chi connectivity index (χ1v) is 8.04. The van der Waals surface area contributed by atoms with Crippen molar-refractivity contribution in [3.05, 3.63) is 17.9 Å². The molecular weight excluding hydrogens is 281 g/mol. The Hall–Kier alpha value is -1.34. The molecule has 112 valence electrons. The van der Waals surface area contributed by atoms with E-state index in [2.05, 4.69) is 9.62 Å². The highest BCUT2D eigenvalue weighted by molar-refractivity contribution is 7.89. The first-order valence-electron chi connectivity index (χ1n) is 6.56. The summed E-state index contributed by atoms with van der Waals surface area (Å²) in [6.07, 6.45) is 2.14. The van der Waals surface area contributed by atoms with Crippen LogP contribution in [0.15, 0.2) is 17.0 Å². The van der Waals surface area contributed by atoms with E-state index in [1.54, 1.807) is 4.90 Å². The molecule has 7 heteroatoms. The molecule has 0 unspecified atom stereocenters. The highest BCUT2D eigenvalue weighted by atomic mass is 32.2. The number of hydrogen-bond donors (Lipinski definition) is 1. The highest BCUT2D eigenvalue weighted by Crippen LogP contribution is 2.34. The molecule has 5 nitrogen and oxygen atoms in total. The molecular formula is C13H20FN3O2S. The number of sulfonamides is 1. The third-order valence-corrected chi connectivity index (χ3v) is 4.95. The average molecular weight is 301 g/mol. The average Bonchev–Trinajstić information content (AvgIpc) is 2.91. The molecule has 1 fully saturated rings. The van der Waals surface area contributed by atoms with Gasteiger partial charge in [-0.25, -0.2) is 17.5 Å². The molecule has 0 bridgehead atoms. The fraction of sp³-hybridized carbons (Fsp3) is 0.538. The SMILES string of the molecule is CNS(=O)(=O)c1cc(N2CCCC2)c(N(C)C)cc1F. The Balaban J connectivity index is 2.60. The Bertz CT molecular complexity index is 596. The molecule has 2 rings (SSSR count). The van der Waals surface area contributed by atoms with E-state index in [1.807, 2.05) is 14.1 Å². The zero-order valence-electron chi connectivity index (χ0n) is 12.0. The van der Waals surface area contributed by atoms with Gasteiger partial charge in [-0.1, -0.05) is 0 Å². The number of nitrogens with one attached hydrogen (secondary N) is 1. The maximum absolute atomic E-state index is 14.1. The zero-order valence-corrected chi connectivity index (χ0v) is 12.8. The smallest absolute Gasteiger partial charge is 0.243 e. The molecule has 0 spiro atoms. The molecule has 20 heavy (non-hydrogen) atoms. The summed E-state index contributed by atoms with van der Waals surface area (Å²) >= 11 is 0. The Morgan fingerprint density at radius 3 is 2.35 bits per heavy atom. The summed E-state index contributed by atoms with van der Waals surface area (Å²) in [5.74, 6) is -0.731. The summed E-state index contributed by atoms with van der Waals surface area (Å²) < 4.78 is 40.0. The summed E-state index contributed by atoms with van der Waals surface area (Å²) in [6.45, 7) is 1.73. The second-order valence-electron chi connectivity index (χ2n) is 5.07. The quantitative estimate of drug-likeness (QED) is 0.913. The summed E-state index contributed by atoms with van der Waals surface area (Å²) in [5.41, 5.74) is 1.46. The van der Waals surface area contributed by atoms with Crippen LogP contribution >= 0.6 is 0 Å². The predicted octanol–water partition coefficient (Wildman–Crippen LogP) is 1.40. The zero-order chi connectivity index (χ0) is 14.9. The summed E-state index contributed by atoms with van der Waals surface area (Å²) in [6, 6.07) is 2.72. The van der Waals surface area contributed by atoms with Crippen LogP contribution in [0.5, 0.6) is 0 Å². The van der Waals surface area contributed by atoms with Crippen LogP contribution in [0.2, 0.25) is 0 Å². The van der Waals surface area contributed by atoms with Gasteiger partial charge in [-0.05, 0) is 26.0 Å². The van der Waals surface area contributed by atoms with Gasteiger partial charge in [0.05, 0.1) is 11.4 Å². The Morgan fingerprint density at radius 2 is 1.85 bits per heavy atom. The molecule has 0 amide bonds. The number of anilines is 2. The van der Waals surface area contributed by atoms with Crippen molar-refractivity contribution < 1.29 is 12.8 Å². The lowest BCUT2D eigenvalue weighted by Gasteiger charge is -2.26. The first kappa shape index (κ1) is 15.1. The van der Waals surface area contributed by atoms with Crippen molar-refractivity contribution in [2.75, 3.05) is 44.0 Å². The molecule has 1 aliphatic rings. The predicted molar refractivity (Wildman–Crippen MR) is 78.4 cm³/mol. The number of hydrogen-bond acceptors (Lipinski definition) is 4. The molecule has 1 aliphatic heterocycles. The first-order chi connectivity index (χ1) is 9.36. The molecule has 1 saturated heterocycles. The van der Waals surface area contributed by atoms with E-state index >= 15 is 0 Å². The van der Waals surface area contributed by atoms with Crippen LogP contribution in [0.3, 0.4) is 0 Å². The summed E-state index contributed by atoms with van der Waals surface area (Å²) in [7, 11) is 1.13. The van der Waals surface area contributed by atoms with E-state index in [1.165, 1.54) is 19.2 Å². The lowest BCUT2D eigenvalue weighted by Crippen LogP contribution is -2.25. The molecule has 0 atom stereocenters. The second kappa shape index (κ2) is 5.57. The molecule has 0 saturated carbocycles. The van der Waals surface area contributed by atoms with Gasteiger partial charge in [-0.3, -0.25) is 0 Å². The second-order valence-corrected chi connectivity index (χ2v) is 6.92. The number of halogens is 1. The van der Waals surface area contributed by atoms with Gasteiger partial charge >= 0.3 is 0 Å². The minimum atomic E-state index is -3.79. The van der Waals surface area contributed by atoms with Gasteiger partial charge in [0.25, 0.3) is 0 Å². The van der Waals surface area contributed by atoms with Gasteiger partial charge < -0.3 is 9.80 Å². The number of benzene rings is 1. The van der Waals surface area contributed by atoms with E-state index in [0.29, 0.717) is 5.69 Å². The Morgan fingerprint density at radius 1 is 1.25 bits per heavy atom. The van der Waals surface area contributed by atoms with Gasteiger partial charge in [0.1, 0.15) is 10.7 Å². The van der Waals surface area contributed by atoms with Gasteiger partial charge in [-0.15, -0.1) is 0 Å². The van der Waals surface area contributed by atoms with E-state index < -0.39 is 15.8 Å². The van der Waals surface area contributed by atoms with E-state index in [4.69, 9.17) is 0 Å². The van der Waals surface area contributed by atoms with Crippen molar-refractivity contribution in [1.29, 1.82) is 0 Å². The lowest BCUT2D eigenvalue weighted by molar-refractivity contribution is 0.561. The summed E-state index contributed by atoms with van der Waals surface area (Å²) in [5, 5.41) is 0. The Kier molecular flexibility index (Phi) is 4.19. The maximum Gasteiger partial charge on any atom is 0.243 e. The van der Waals surface area contributed by atoms with Gasteiger partial charge in [0.15, 0.2) is 0 Å². The number of nitrogens with zero attached hydrogens (tertiary/aromatic N) is 2. The molecule has 0 aromatic heterocycles. The van der Waals surface area contributed by atoms with Gasteiger partial charge in [-0.2, -0.15) is 0 Å². The fourth-order valence-electron chi connectivity index (χ4n) is 2.42.